The van der Waals surface area contributed by atoms with E-state index in [-0.39, 0.29) is 11.9 Å². The van der Waals surface area contributed by atoms with Crippen LogP contribution in [0.25, 0.3) is 0 Å². The van der Waals surface area contributed by atoms with Crippen molar-refractivity contribution in [2.45, 2.75) is 38.1 Å². The third-order valence-corrected chi connectivity index (χ3v) is 4.23. The molecule has 0 bridgehead atoms. The zero-order chi connectivity index (χ0) is 12.3. The van der Waals surface area contributed by atoms with E-state index >= 15 is 0 Å². The molecule has 1 saturated carbocycles. The quantitative estimate of drug-likeness (QED) is 0.658. The van der Waals surface area contributed by atoms with E-state index in [1.807, 2.05) is 6.07 Å². The number of hydrogen-bond acceptors (Lipinski definition) is 2. The largest absolute Gasteiger partial charge is 0.271 e. The first-order chi connectivity index (χ1) is 8.20. The van der Waals surface area contributed by atoms with Crippen molar-refractivity contribution in [1.82, 2.24) is 5.43 Å². The van der Waals surface area contributed by atoms with Crippen LogP contribution in [-0.2, 0) is 0 Å². The molecule has 0 aliphatic heterocycles. The SMILES string of the molecule is NNC(CC1CCCC1)c1ccc(Br)c(F)c1. The highest BCUT2D eigenvalue weighted by Gasteiger charge is 2.21. The van der Waals surface area contributed by atoms with Gasteiger partial charge in [0.25, 0.3) is 0 Å². The van der Waals surface area contributed by atoms with Gasteiger partial charge in [0, 0.05) is 6.04 Å². The molecule has 0 radical (unpaired) electrons. The molecule has 0 heterocycles. The summed E-state index contributed by atoms with van der Waals surface area (Å²) in [6, 6.07) is 5.28. The van der Waals surface area contributed by atoms with Crippen LogP contribution in [0.2, 0.25) is 0 Å². The Morgan fingerprint density at radius 2 is 2.12 bits per heavy atom. The van der Waals surface area contributed by atoms with Gasteiger partial charge in [-0.25, -0.2) is 4.39 Å². The Hall–Kier alpha value is -0.450. The first-order valence-electron chi connectivity index (χ1n) is 6.12. The fourth-order valence-corrected chi connectivity index (χ4v) is 2.86. The van der Waals surface area contributed by atoms with E-state index in [4.69, 9.17) is 5.84 Å². The fourth-order valence-electron chi connectivity index (χ4n) is 2.61. The summed E-state index contributed by atoms with van der Waals surface area (Å²) in [5.41, 5.74) is 3.74. The Kier molecular flexibility index (Phi) is 4.54. The predicted molar refractivity (Wildman–Crippen MR) is 70.7 cm³/mol. The minimum atomic E-state index is -0.228. The molecule has 2 rings (SSSR count). The highest BCUT2D eigenvalue weighted by atomic mass is 79.9. The predicted octanol–water partition coefficient (Wildman–Crippen LogP) is 3.67. The Morgan fingerprint density at radius 1 is 1.41 bits per heavy atom. The molecule has 0 saturated heterocycles. The molecule has 1 unspecified atom stereocenters. The maximum Gasteiger partial charge on any atom is 0.137 e. The highest BCUT2D eigenvalue weighted by molar-refractivity contribution is 9.10. The van der Waals surface area contributed by atoms with Crippen LogP contribution in [0.5, 0.6) is 0 Å². The molecular weight excluding hydrogens is 283 g/mol. The molecular formula is C13H18BrFN2. The monoisotopic (exact) mass is 300 g/mol. The van der Waals surface area contributed by atoms with Crippen molar-refractivity contribution in [3.05, 3.63) is 34.1 Å². The normalized spacial score (nSPS) is 18.5. The van der Waals surface area contributed by atoms with Gasteiger partial charge in [-0.2, -0.15) is 0 Å². The Morgan fingerprint density at radius 3 is 2.71 bits per heavy atom. The number of hydrogen-bond donors (Lipinski definition) is 2. The lowest BCUT2D eigenvalue weighted by Crippen LogP contribution is -2.29. The minimum Gasteiger partial charge on any atom is -0.271 e. The van der Waals surface area contributed by atoms with Crippen molar-refractivity contribution >= 4 is 15.9 Å². The van der Waals surface area contributed by atoms with Crippen LogP contribution < -0.4 is 11.3 Å². The highest BCUT2D eigenvalue weighted by Crippen LogP contribution is 2.33. The first kappa shape index (κ1) is 13.0. The van der Waals surface area contributed by atoms with E-state index in [0.717, 1.165) is 17.9 Å². The lowest BCUT2D eigenvalue weighted by molar-refractivity contribution is 0.399. The van der Waals surface area contributed by atoms with Crippen LogP contribution >= 0.6 is 15.9 Å². The summed E-state index contributed by atoms with van der Waals surface area (Å²) in [6.07, 6.45) is 6.18. The Bertz CT molecular complexity index is 378. The van der Waals surface area contributed by atoms with Gasteiger partial charge in [0.2, 0.25) is 0 Å². The second-order valence-corrected chi connectivity index (χ2v) is 5.63. The van der Waals surface area contributed by atoms with Crippen molar-refractivity contribution in [2.24, 2.45) is 11.8 Å². The molecule has 0 spiro atoms. The fraction of sp³-hybridized carbons (Fsp3) is 0.538. The molecule has 1 aliphatic carbocycles. The van der Waals surface area contributed by atoms with Crippen LogP contribution in [-0.4, -0.2) is 0 Å². The molecule has 4 heteroatoms. The van der Waals surface area contributed by atoms with E-state index < -0.39 is 0 Å². The molecule has 0 aromatic heterocycles. The Balaban J connectivity index is 2.08. The van der Waals surface area contributed by atoms with E-state index in [0.29, 0.717) is 4.47 Å². The van der Waals surface area contributed by atoms with Crippen molar-refractivity contribution in [1.29, 1.82) is 0 Å². The van der Waals surface area contributed by atoms with Gasteiger partial charge in [-0.3, -0.25) is 11.3 Å². The van der Waals surface area contributed by atoms with Crippen molar-refractivity contribution < 1.29 is 4.39 Å². The van der Waals surface area contributed by atoms with Crippen molar-refractivity contribution in [3.8, 4) is 0 Å². The average molecular weight is 301 g/mol. The first-order valence-corrected chi connectivity index (χ1v) is 6.91. The van der Waals surface area contributed by atoms with Gasteiger partial charge in [0.05, 0.1) is 4.47 Å². The van der Waals surface area contributed by atoms with Crippen LogP contribution in [0.15, 0.2) is 22.7 Å². The smallest absolute Gasteiger partial charge is 0.137 e. The average Bonchev–Trinajstić information content (AvgIpc) is 2.82. The lowest BCUT2D eigenvalue weighted by atomic mass is 9.94. The van der Waals surface area contributed by atoms with Crippen LogP contribution in [0.1, 0.15) is 43.7 Å². The summed E-state index contributed by atoms with van der Waals surface area (Å²) in [7, 11) is 0. The van der Waals surface area contributed by atoms with E-state index in [2.05, 4.69) is 21.4 Å². The summed E-state index contributed by atoms with van der Waals surface area (Å²) >= 11 is 3.16. The molecule has 3 N–H and O–H groups in total. The molecule has 0 amide bonds. The number of nitrogens with one attached hydrogen (secondary N) is 1. The van der Waals surface area contributed by atoms with E-state index in [1.54, 1.807) is 12.1 Å². The molecule has 94 valence electrons. The van der Waals surface area contributed by atoms with Gasteiger partial charge in [-0.1, -0.05) is 31.7 Å². The second kappa shape index (κ2) is 5.94. The van der Waals surface area contributed by atoms with Gasteiger partial charge >= 0.3 is 0 Å². The summed E-state index contributed by atoms with van der Waals surface area (Å²) in [6.45, 7) is 0. The molecule has 1 atom stereocenters. The van der Waals surface area contributed by atoms with Crippen LogP contribution in [0, 0.1) is 11.7 Å². The topological polar surface area (TPSA) is 38.0 Å². The van der Waals surface area contributed by atoms with Gasteiger partial charge in [0.1, 0.15) is 5.82 Å². The zero-order valence-electron chi connectivity index (χ0n) is 9.76. The third kappa shape index (κ3) is 3.27. The standard InChI is InChI=1S/C13H18BrFN2/c14-11-6-5-10(8-12(11)15)13(17-16)7-9-3-1-2-4-9/h5-6,8-9,13,17H,1-4,7,16H2. The zero-order valence-corrected chi connectivity index (χ0v) is 11.3. The number of nitrogens with two attached hydrogens (primary N) is 1. The number of rotatable bonds is 4. The van der Waals surface area contributed by atoms with E-state index in [9.17, 15) is 4.39 Å². The number of benzene rings is 1. The third-order valence-electron chi connectivity index (χ3n) is 3.59. The van der Waals surface area contributed by atoms with Crippen molar-refractivity contribution in [2.75, 3.05) is 0 Å². The van der Waals surface area contributed by atoms with Gasteiger partial charge in [-0.05, 0) is 46.0 Å². The van der Waals surface area contributed by atoms with Gasteiger partial charge in [0.15, 0.2) is 0 Å². The lowest BCUT2D eigenvalue weighted by Gasteiger charge is -2.20. The molecule has 1 aliphatic rings. The molecule has 1 aromatic carbocycles. The van der Waals surface area contributed by atoms with Crippen LogP contribution in [0.3, 0.4) is 0 Å². The summed E-state index contributed by atoms with van der Waals surface area (Å²) in [5, 5.41) is 0. The van der Waals surface area contributed by atoms with Crippen molar-refractivity contribution in [3.63, 3.8) is 0 Å². The second-order valence-electron chi connectivity index (χ2n) is 4.78. The maximum absolute atomic E-state index is 13.5. The summed E-state index contributed by atoms with van der Waals surface area (Å²) < 4.78 is 14.0. The van der Waals surface area contributed by atoms with Crippen LogP contribution in [0.4, 0.5) is 4.39 Å². The molecule has 17 heavy (non-hydrogen) atoms. The Labute approximate surface area is 110 Å². The molecule has 1 aromatic rings. The maximum atomic E-state index is 13.5. The van der Waals surface area contributed by atoms with Gasteiger partial charge < -0.3 is 0 Å². The number of hydrazine groups is 1. The molecule has 2 nitrogen and oxygen atoms in total. The van der Waals surface area contributed by atoms with Gasteiger partial charge in [-0.15, -0.1) is 0 Å². The molecule has 1 fully saturated rings. The summed E-state index contributed by atoms with van der Waals surface area (Å²) in [4.78, 5) is 0. The minimum absolute atomic E-state index is 0.0562. The number of halogens is 2. The summed E-state index contributed by atoms with van der Waals surface area (Å²) in [5.74, 6) is 6.08. The van der Waals surface area contributed by atoms with E-state index in [1.165, 1.54) is 25.7 Å².